The summed E-state index contributed by atoms with van der Waals surface area (Å²) in [6.45, 7) is 0. The van der Waals surface area contributed by atoms with Crippen molar-refractivity contribution in [3.8, 4) is 45.5 Å². The van der Waals surface area contributed by atoms with Gasteiger partial charge in [0.2, 0.25) is 5.95 Å². The molecule has 50 heavy (non-hydrogen) atoms. The van der Waals surface area contributed by atoms with Crippen molar-refractivity contribution >= 4 is 43.6 Å². The smallest absolute Gasteiger partial charge is 0.238 e. The topological polar surface area (TPSA) is 48.5 Å². The molecule has 5 heteroatoms. The fourth-order valence-electron chi connectivity index (χ4n) is 7.37. The van der Waals surface area contributed by atoms with Crippen molar-refractivity contribution in [1.29, 1.82) is 0 Å². The molecule has 7 aromatic carbocycles. The number of aromatic nitrogens is 5. The zero-order valence-corrected chi connectivity index (χ0v) is 27.0. The average molecular weight is 640 g/mol. The van der Waals surface area contributed by atoms with Crippen LogP contribution in [0.4, 0.5) is 0 Å². The van der Waals surface area contributed by atoms with E-state index in [4.69, 9.17) is 15.0 Å². The largest absolute Gasteiger partial charge is 0.309 e. The molecular formula is C45H29N5. The molecule has 0 bridgehead atoms. The van der Waals surface area contributed by atoms with E-state index in [0.717, 1.165) is 49.7 Å². The summed E-state index contributed by atoms with van der Waals surface area (Å²) in [7, 11) is 0. The van der Waals surface area contributed by atoms with Crippen LogP contribution in [0.5, 0.6) is 0 Å². The molecule has 0 spiro atoms. The number of hydrogen-bond donors (Lipinski definition) is 0. The second kappa shape index (κ2) is 11.4. The summed E-state index contributed by atoms with van der Waals surface area (Å²) < 4.78 is 4.56. The summed E-state index contributed by atoms with van der Waals surface area (Å²) in [6.07, 6.45) is 0. The van der Waals surface area contributed by atoms with Gasteiger partial charge in [0.15, 0.2) is 11.6 Å². The second-order valence-corrected chi connectivity index (χ2v) is 12.5. The third kappa shape index (κ3) is 4.45. The van der Waals surface area contributed by atoms with E-state index in [0.29, 0.717) is 17.6 Å². The van der Waals surface area contributed by atoms with Crippen molar-refractivity contribution in [2.45, 2.75) is 0 Å². The number of rotatable bonds is 5. The molecule has 0 N–H and O–H groups in total. The molecule has 0 aliphatic carbocycles. The van der Waals surface area contributed by atoms with Gasteiger partial charge in [-0.25, -0.2) is 4.98 Å². The Labute approximate surface area is 288 Å². The molecule has 3 aromatic heterocycles. The lowest BCUT2D eigenvalue weighted by Gasteiger charge is -2.11. The first-order chi connectivity index (χ1) is 24.8. The van der Waals surface area contributed by atoms with Crippen LogP contribution in [-0.4, -0.2) is 24.1 Å². The number of para-hydroxylation sites is 3. The van der Waals surface area contributed by atoms with E-state index >= 15 is 0 Å². The summed E-state index contributed by atoms with van der Waals surface area (Å²) in [6, 6.07) is 61.5. The highest BCUT2D eigenvalue weighted by Gasteiger charge is 2.21. The first kappa shape index (κ1) is 28.2. The van der Waals surface area contributed by atoms with Gasteiger partial charge in [0.25, 0.3) is 0 Å². The van der Waals surface area contributed by atoms with Crippen LogP contribution < -0.4 is 0 Å². The highest BCUT2D eigenvalue weighted by Crippen LogP contribution is 2.41. The maximum atomic E-state index is 5.12. The molecule has 0 radical (unpaired) electrons. The Morgan fingerprint density at radius 1 is 0.340 bits per heavy atom. The highest BCUT2D eigenvalue weighted by molar-refractivity contribution is 6.17. The predicted molar refractivity (Wildman–Crippen MR) is 205 cm³/mol. The lowest BCUT2D eigenvalue weighted by Crippen LogP contribution is -2.06. The van der Waals surface area contributed by atoms with E-state index < -0.39 is 0 Å². The maximum absolute atomic E-state index is 5.12. The Kier molecular flexibility index (Phi) is 6.42. The molecule has 0 fully saturated rings. The zero-order chi connectivity index (χ0) is 33.0. The Morgan fingerprint density at radius 2 is 0.880 bits per heavy atom. The van der Waals surface area contributed by atoms with Gasteiger partial charge < -0.3 is 4.57 Å². The van der Waals surface area contributed by atoms with Gasteiger partial charge in [-0.1, -0.05) is 140 Å². The summed E-state index contributed by atoms with van der Waals surface area (Å²) in [4.78, 5) is 15.2. The van der Waals surface area contributed by atoms with Crippen molar-refractivity contribution in [3.63, 3.8) is 0 Å². The summed E-state index contributed by atoms with van der Waals surface area (Å²) in [5, 5.41) is 4.78. The molecular weight excluding hydrogens is 611 g/mol. The van der Waals surface area contributed by atoms with Crippen LogP contribution in [0.3, 0.4) is 0 Å². The van der Waals surface area contributed by atoms with Gasteiger partial charge in [-0.15, -0.1) is 0 Å². The molecule has 234 valence electrons. The molecule has 0 amide bonds. The average Bonchev–Trinajstić information content (AvgIpc) is 3.71. The number of hydrogen-bond acceptors (Lipinski definition) is 3. The van der Waals surface area contributed by atoms with E-state index in [1.54, 1.807) is 0 Å². The van der Waals surface area contributed by atoms with Crippen molar-refractivity contribution in [3.05, 3.63) is 176 Å². The van der Waals surface area contributed by atoms with Crippen LogP contribution in [0.15, 0.2) is 176 Å². The second-order valence-electron chi connectivity index (χ2n) is 12.5. The Bertz CT molecular complexity index is 2800. The molecule has 0 saturated heterocycles. The van der Waals surface area contributed by atoms with Gasteiger partial charge >= 0.3 is 0 Å². The molecule has 0 aliphatic rings. The predicted octanol–water partition coefficient (Wildman–Crippen LogP) is 11.1. The van der Waals surface area contributed by atoms with Gasteiger partial charge in [0.05, 0.1) is 22.1 Å². The van der Waals surface area contributed by atoms with Gasteiger partial charge in [-0.2, -0.15) is 9.97 Å². The van der Waals surface area contributed by atoms with Crippen LogP contribution in [0.1, 0.15) is 0 Å². The minimum Gasteiger partial charge on any atom is -0.309 e. The van der Waals surface area contributed by atoms with Crippen molar-refractivity contribution in [2.24, 2.45) is 0 Å². The molecule has 5 nitrogen and oxygen atoms in total. The zero-order valence-electron chi connectivity index (χ0n) is 27.0. The minimum absolute atomic E-state index is 0.584. The fraction of sp³-hybridized carbons (Fsp3) is 0. The Morgan fingerprint density at radius 3 is 1.56 bits per heavy atom. The summed E-state index contributed by atoms with van der Waals surface area (Å²) in [5.74, 6) is 1.85. The minimum atomic E-state index is 0.584. The normalized spacial score (nSPS) is 11.6. The first-order valence-corrected chi connectivity index (χ1v) is 16.8. The number of benzene rings is 7. The van der Waals surface area contributed by atoms with Gasteiger partial charge in [0, 0.05) is 38.4 Å². The van der Waals surface area contributed by atoms with E-state index in [-0.39, 0.29) is 0 Å². The van der Waals surface area contributed by atoms with E-state index in [2.05, 4.69) is 124 Å². The van der Waals surface area contributed by atoms with Gasteiger partial charge in [0.1, 0.15) is 0 Å². The van der Waals surface area contributed by atoms with E-state index in [1.807, 2.05) is 60.7 Å². The fourth-order valence-corrected chi connectivity index (χ4v) is 7.37. The van der Waals surface area contributed by atoms with Crippen LogP contribution >= 0.6 is 0 Å². The standard InChI is InChI=1S/C45H29N5/c1-4-15-30(16-5-1)43-46-44(31-17-6-2-7-18-31)48-45(47-43)50-39-25-13-11-22-37(39)42-34(23-14-26-40(42)50)32-27-28-36-35-21-10-12-24-38(35)49(41(36)29-32)33-19-8-3-9-20-33/h1-29H. The molecule has 10 aromatic rings. The monoisotopic (exact) mass is 639 g/mol. The molecule has 0 atom stereocenters. The Hall–Kier alpha value is -6.85. The Balaban J connectivity index is 1.24. The van der Waals surface area contributed by atoms with Crippen molar-refractivity contribution in [1.82, 2.24) is 24.1 Å². The third-order valence-electron chi connectivity index (χ3n) is 9.58. The highest BCUT2D eigenvalue weighted by atomic mass is 15.2. The quantitative estimate of drug-likeness (QED) is 0.188. The van der Waals surface area contributed by atoms with E-state index in [9.17, 15) is 0 Å². The lowest BCUT2D eigenvalue weighted by atomic mass is 9.98. The van der Waals surface area contributed by atoms with Crippen molar-refractivity contribution in [2.75, 3.05) is 0 Å². The molecule has 0 saturated carbocycles. The van der Waals surface area contributed by atoms with Crippen LogP contribution in [0.25, 0.3) is 89.2 Å². The van der Waals surface area contributed by atoms with Crippen molar-refractivity contribution < 1.29 is 0 Å². The maximum Gasteiger partial charge on any atom is 0.238 e. The molecule has 0 aliphatic heterocycles. The number of fused-ring (bicyclic) bond motifs is 6. The number of nitrogens with zero attached hydrogens (tertiary/aromatic N) is 5. The SMILES string of the molecule is c1ccc(-c2nc(-c3ccccc3)nc(-n3c4ccccc4c4c(-c5ccc6c7ccccc7n(-c7ccccc7)c6c5)cccc43)n2)cc1. The molecule has 3 heterocycles. The summed E-state index contributed by atoms with van der Waals surface area (Å²) in [5.41, 5.74) is 9.78. The molecule has 0 unspecified atom stereocenters. The van der Waals surface area contributed by atoms with Gasteiger partial charge in [-0.05, 0) is 47.5 Å². The van der Waals surface area contributed by atoms with Gasteiger partial charge in [-0.3, -0.25) is 4.57 Å². The molecule has 10 rings (SSSR count). The van der Waals surface area contributed by atoms with E-state index in [1.165, 1.54) is 21.8 Å². The lowest BCUT2D eigenvalue weighted by molar-refractivity contribution is 0.953. The summed E-state index contributed by atoms with van der Waals surface area (Å²) >= 11 is 0. The van der Waals surface area contributed by atoms with Crippen LogP contribution in [0, 0.1) is 0 Å². The van der Waals surface area contributed by atoms with Crippen LogP contribution in [0.2, 0.25) is 0 Å². The van der Waals surface area contributed by atoms with Crippen LogP contribution in [-0.2, 0) is 0 Å². The first-order valence-electron chi connectivity index (χ1n) is 16.8. The third-order valence-corrected chi connectivity index (χ3v) is 9.58.